The Morgan fingerprint density at radius 2 is 2.14 bits per heavy atom. The zero-order valence-electron chi connectivity index (χ0n) is 11.7. The van der Waals surface area contributed by atoms with Crippen LogP contribution in [-0.2, 0) is 5.75 Å². The number of ether oxygens (including phenoxy) is 1. The summed E-state index contributed by atoms with van der Waals surface area (Å²) in [5, 5.41) is 13.3. The molecule has 0 amide bonds. The van der Waals surface area contributed by atoms with E-state index in [1.807, 2.05) is 29.6 Å². The molecular formula is C13H14N6OS2. The van der Waals surface area contributed by atoms with Gasteiger partial charge in [-0.05, 0) is 24.3 Å². The van der Waals surface area contributed by atoms with Gasteiger partial charge < -0.3 is 15.8 Å². The molecule has 4 N–H and O–H groups in total. The van der Waals surface area contributed by atoms with Crippen LogP contribution in [0.3, 0.4) is 0 Å². The summed E-state index contributed by atoms with van der Waals surface area (Å²) in [5.41, 5.74) is 7.42. The highest BCUT2D eigenvalue weighted by Crippen LogP contribution is 2.26. The molecule has 0 saturated carbocycles. The Kier molecular flexibility index (Phi) is 4.45. The van der Waals surface area contributed by atoms with Crippen molar-refractivity contribution in [1.82, 2.24) is 20.2 Å². The number of thiazole rings is 1. The summed E-state index contributed by atoms with van der Waals surface area (Å²) in [6, 6.07) is 7.71. The van der Waals surface area contributed by atoms with E-state index in [0.717, 1.165) is 22.3 Å². The molecule has 0 fully saturated rings. The smallest absolute Gasteiger partial charge is 0.216 e. The molecule has 0 spiro atoms. The normalized spacial score (nSPS) is 10.6. The summed E-state index contributed by atoms with van der Waals surface area (Å²) in [6.45, 7) is 0. The number of methoxy groups -OCH3 is 1. The highest BCUT2D eigenvalue weighted by molar-refractivity contribution is 7.98. The van der Waals surface area contributed by atoms with Gasteiger partial charge in [0.1, 0.15) is 5.75 Å². The van der Waals surface area contributed by atoms with Crippen molar-refractivity contribution < 1.29 is 4.74 Å². The van der Waals surface area contributed by atoms with Crippen molar-refractivity contribution in [2.45, 2.75) is 10.9 Å². The molecule has 0 atom stereocenters. The molecule has 0 unspecified atom stereocenters. The molecular weight excluding hydrogens is 320 g/mol. The first kappa shape index (κ1) is 14.7. The lowest BCUT2D eigenvalue weighted by molar-refractivity contribution is 0.415. The highest BCUT2D eigenvalue weighted by atomic mass is 32.2. The maximum absolute atomic E-state index is 5.48. The van der Waals surface area contributed by atoms with Crippen LogP contribution < -0.4 is 15.8 Å². The van der Waals surface area contributed by atoms with Gasteiger partial charge in [-0.25, -0.2) is 10.1 Å². The van der Waals surface area contributed by atoms with Crippen LogP contribution in [0.15, 0.2) is 34.8 Å². The van der Waals surface area contributed by atoms with E-state index in [0.29, 0.717) is 16.9 Å². The topological polar surface area (TPSA) is 102 Å². The van der Waals surface area contributed by atoms with Crippen molar-refractivity contribution in [3.05, 3.63) is 35.3 Å². The lowest BCUT2D eigenvalue weighted by Gasteiger charge is -2.03. The van der Waals surface area contributed by atoms with Crippen molar-refractivity contribution in [2.24, 2.45) is 0 Å². The third kappa shape index (κ3) is 3.68. The third-order valence-electron chi connectivity index (χ3n) is 2.72. The van der Waals surface area contributed by atoms with Crippen LogP contribution >= 0.6 is 23.1 Å². The van der Waals surface area contributed by atoms with Gasteiger partial charge in [0.05, 0.1) is 12.8 Å². The molecule has 22 heavy (non-hydrogen) atoms. The monoisotopic (exact) mass is 334 g/mol. The summed E-state index contributed by atoms with van der Waals surface area (Å²) >= 11 is 3.04. The van der Waals surface area contributed by atoms with E-state index in [1.54, 1.807) is 18.4 Å². The number of H-pyrrole nitrogens is 1. The number of aromatic nitrogens is 4. The van der Waals surface area contributed by atoms with E-state index in [1.165, 1.54) is 11.8 Å². The highest BCUT2D eigenvalue weighted by Gasteiger charge is 2.06. The molecule has 0 aliphatic rings. The standard InChI is InChI=1S/C13H14N6OS2/c1-20-10-4-2-8(3-5-10)15-12-16-9(6-21-12)7-22-13-17-11(14)18-19-13/h2-6H,7H2,1H3,(H,15,16)(H3,14,17,18,19). The average Bonchev–Trinajstić information content (AvgIpc) is 3.15. The van der Waals surface area contributed by atoms with Crippen LogP contribution in [-0.4, -0.2) is 27.3 Å². The summed E-state index contributed by atoms with van der Waals surface area (Å²) in [4.78, 5) is 8.57. The van der Waals surface area contributed by atoms with Crippen molar-refractivity contribution in [2.75, 3.05) is 18.2 Å². The fourth-order valence-corrected chi connectivity index (χ4v) is 3.22. The number of nitrogens with zero attached hydrogens (tertiary/aromatic N) is 3. The van der Waals surface area contributed by atoms with E-state index in [9.17, 15) is 0 Å². The molecule has 2 aromatic heterocycles. The molecule has 3 aromatic rings. The molecule has 2 heterocycles. The number of nitrogens with two attached hydrogens (primary N) is 1. The molecule has 1 aromatic carbocycles. The molecule has 3 rings (SSSR count). The van der Waals surface area contributed by atoms with Gasteiger partial charge in [-0.2, -0.15) is 4.98 Å². The van der Waals surface area contributed by atoms with Gasteiger partial charge in [0.25, 0.3) is 0 Å². The molecule has 0 saturated heterocycles. The number of anilines is 3. The van der Waals surface area contributed by atoms with E-state index in [2.05, 4.69) is 25.5 Å². The van der Waals surface area contributed by atoms with Gasteiger partial charge in [-0.15, -0.1) is 16.4 Å². The van der Waals surface area contributed by atoms with E-state index in [4.69, 9.17) is 10.5 Å². The second-order valence-corrected chi connectivity index (χ2v) is 6.09. The Labute approximate surface area is 135 Å². The van der Waals surface area contributed by atoms with Crippen LogP contribution in [0.2, 0.25) is 0 Å². The minimum absolute atomic E-state index is 0.322. The first-order valence-electron chi connectivity index (χ1n) is 6.39. The number of hydrogen-bond acceptors (Lipinski definition) is 8. The van der Waals surface area contributed by atoms with E-state index < -0.39 is 0 Å². The van der Waals surface area contributed by atoms with Gasteiger partial charge in [0.15, 0.2) is 5.13 Å². The number of nitrogens with one attached hydrogen (secondary N) is 2. The fraction of sp³-hybridized carbons (Fsp3) is 0.154. The number of rotatable bonds is 6. The van der Waals surface area contributed by atoms with Gasteiger partial charge in [-0.1, -0.05) is 11.8 Å². The quantitative estimate of drug-likeness (QED) is 0.596. The zero-order chi connectivity index (χ0) is 15.4. The molecule has 0 radical (unpaired) electrons. The molecule has 0 aliphatic heterocycles. The van der Waals surface area contributed by atoms with Gasteiger partial charge in [0, 0.05) is 16.8 Å². The van der Waals surface area contributed by atoms with Crippen LogP contribution in [0.4, 0.5) is 16.8 Å². The Balaban J connectivity index is 1.58. The number of aromatic amines is 1. The van der Waals surface area contributed by atoms with Crippen molar-refractivity contribution in [1.29, 1.82) is 0 Å². The largest absolute Gasteiger partial charge is 0.497 e. The molecule has 7 nitrogen and oxygen atoms in total. The Morgan fingerprint density at radius 3 is 2.82 bits per heavy atom. The zero-order valence-corrected chi connectivity index (χ0v) is 13.4. The predicted molar refractivity (Wildman–Crippen MR) is 88.7 cm³/mol. The molecule has 114 valence electrons. The van der Waals surface area contributed by atoms with Crippen molar-refractivity contribution in [3.8, 4) is 5.75 Å². The first-order valence-corrected chi connectivity index (χ1v) is 8.25. The first-order chi connectivity index (χ1) is 10.7. The summed E-state index contributed by atoms with van der Waals surface area (Å²) in [7, 11) is 1.65. The van der Waals surface area contributed by atoms with Crippen LogP contribution in [0.5, 0.6) is 5.75 Å². The van der Waals surface area contributed by atoms with Crippen LogP contribution in [0, 0.1) is 0 Å². The number of hydrogen-bond donors (Lipinski definition) is 3. The number of nitrogen functional groups attached to an aromatic ring is 1. The van der Waals surface area contributed by atoms with Gasteiger partial charge in [0.2, 0.25) is 11.1 Å². The maximum Gasteiger partial charge on any atom is 0.216 e. The third-order valence-corrected chi connectivity index (χ3v) is 4.41. The molecule has 0 bridgehead atoms. The maximum atomic E-state index is 5.48. The summed E-state index contributed by atoms with van der Waals surface area (Å²) < 4.78 is 5.13. The number of benzene rings is 1. The number of thioether (sulfide) groups is 1. The Morgan fingerprint density at radius 1 is 1.32 bits per heavy atom. The second-order valence-electron chi connectivity index (χ2n) is 4.29. The van der Waals surface area contributed by atoms with E-state index in [-0.39, 0.29) is 0 Å². The minimum Gasteiger partial charge on any atom is -0.497 e. The summed E-state index contributed by atoms with van der Waals surface area (Å²) in [5.74, 6) is 1.84. The lowest BCUT2D eigenvalue weighted by atomic mass is 10.3. The van der Waals surface area contributed by atoms with Crippen LogP contribution in [0.1, 0.15) is 5.69 Å². The molecule has 0 aliphatic carbocycles. The SMILES string of the molecule is COc1ccc(Nc2nc(CSc3n[nH]c(N)n3)cs2)cc1. The fourth-order valence-electron chi connectivity index (χ4n) is 1.69. The summed E-state index contributed by atoms with van der Waals surface area (Å²) in [6.07, 6.45) is 0. The predicted octanol–water partition coefficient (Wildman–Crippen LogP) is 2.89. The molecule has 9 heteroatoms. The average molecular weight is 334 g/mol. The van der Waals surface area contributed by atoms with E-state index >= 15 is 0 Å². The van der Waals surface area contributed by atoms with Gasteiger partial charge >= 0.3 is 0 Å². The van der Waals surface area contributed by atoms with Crippen molar-refractivity contribution >= 4 is 39.9 Å². The second kappa shape index (κ2) is 6.67. The van der Waals surface area contributed by atoms with Gasteiger partial charge in [-0.3, -0.25) is 0 Å². The minimum atomic E-state index is 0.322. The van der Waals surface area contributed by atoms with Crippen molar-refractivity contribution in [3.63, 3.8) is 0 Å². The van der Waals surface area contributed by atoms with Crippen LogP contribution in [0.25, 0.3) is 0 Å². The lowest BCUT2D eigenvalue weighted by Crippen LogP contribution is -1.91. The Hall–Kier alpha value is -2.26. The Bertz CT molecular complexity index is 739.